The highest BCUT2D eigenvalue weighted by molar-refractivity contribution is 7.18. The Hall–Kier alpha value is -2.59. The van der Waals surface area contributed by atoms with Gasteiger partial charge in [0.1, 0.15) is 16.2 Å². The number of carbonyl (C=O) groups excluding carboxylic acids is 2. The molecule has 0 aliphatic carbocycles. The lowest BCUT2D eigenvalue weighted by Crippen LogP contribution is -2.12. The van der Waals surface area contributed by atoms with Gasteiger partial charge in [0.15, 0.2) is 0 Å². The molecule has 0 saturated heterocycles. The second-order valence-corrected chi connectivity index (χ2v) is 5.98. The number of ether oxygens (including phenoxy) is 1. The smallest absolute Gasteiger partial charge is 0.348 e. The number of hydrogen-bond acceptors (Lipinski definition) is 8. The monoisotopic (exact) mass is 335 g/mol. The number of nitrogens with one attached hydrogen (secondary N) is 1. The van der Waals surface area contributed by atoms with E-state index in [9.17, 15) is 9.59 Å². The number of tetrazole rings is 1. The molecule has 0 bridgehead atoms. The van der Waals surface area contributed by atoms with Crippen molar-refractivity contribution < 1.29 is 14.3 Å². The lowest BCUT2D eigenvalue weighted by atomic mass is 10.3. The van der Waals surface area contributed by atoms with Crippen LogP contribution in [0.4, 0.5) is 5.00 Å². The molecule has 0 unspecified atom stereocenters. The minimum absolute atomic E-state index is 0.301. The number of hydrogen-bond donors (Lipinski definition) is 1. The molecule has 1 amide bonds. The molecule has 0 saturated carbocycles. The maximum Gasteiger partial charge on any atom is 0.348 e. The summed E-state index contributed by atoms with van der Waals surface area (Å²) in [6, 6.07) is 4.94. The van der Waals surface area contributed by atoms with Gasteiger partial charge in [-0.25, -0.2) is 4.79 Å². The molecule has 112 valence electrons. The molecule has 0 atom stereocenters. The van der Waals surface area contributed by atoms with Crippen molar-refractivity contribution in [1.82, 2.24) is 20.2 Å². The maximum absolute atomic E-state index is 12.3. The number of aromatic nitrogens is 4. The van der Waals surface area contributed by atoms with Gasteiger partial charge in [-0.15, -0.1) is 27.8 Å². The van der Waals surface area contributed by atoms with Crippen LogP contribution < -0.4 is 5.32 Å². The van der Waals surface area contributed by atoms with E-state index in [0.29, 0.717) is 20.4 Å². The Morgan fingerprint density at radius 3 is 2.91 bits per heavy atom. The number of methoxy groups -OCH3 is 1. The number of thiophene rings is 2. The molecular weight excluding hydrogens is 326 g/mol. The SMILES string of the molecule is COC(=O)c1ccc(NC(=O)c2ccsc2-n2cnnn2)s1. The van der Waals surface area contributed by atoms with Gasteiger partial charge in [-0.05, 0) is 34.0 Å². The van der Waals surface area contributed by atoms with E-state index in [2.05, 4.69) is 25.6 Å². The van der Waals surface area contributed by atoms with E-state index in [1.165, 1.54) is 29.5 Å². The Balaban J connectivity index is 1.80. The molecule has 0 fully saturated rings. The first kappa shape index (κ1) is 14.4. The maximum atomic E-state index is 12.3. The van der Waals surface area contributed by atoms with Crippen LogP contribution in [0.15, 0.2) is 29.9 Å². The van der Waals surface area contributed by atoms with E-state index in [1.54, 1.807) is 23.6 Å². The normalized spacial score (nSPS) is 10.4. The third-order valence-electron chi connectivity index (χ3n) is 2.68. The molecule has 0 spiro atoms. The van der Waals surface area contributed by atoms with Gasteiger partial charge in [0.25, 0.3) is 5.91 Å². The molecule has 10 heteroatoms. The topological polar surface area (TPSA) is 99.0 Å². The van der Waals surface area contributed by atoms with E-state index < -0.39 is 5.97 Å². The zero-order valence-electron chi connectivity index (χ0n) is 11.2. The lowest BCUT2D eigenvalue weighted by molar-refractivity contribution is 0.0606. The van der Waals surface area contributed by atoms with Gasteiger partial charge in [-0.3, -0.25) is 4.79 Å². The molecule has 3 rings (SSSR count). The summed E-state index contributed by atoms with van der Waals surface area (Å²) >= 11 is 2.49. The Kier molecular flexibility index (Phi) is 3.94. The van der Waals surface area contributed by atoms with E-state index in [0.717, 1.165) is 11.3 Å². The molecule has 1 N–H and O–H groups in total. The summed E-state index contributed by atoms with van der Waals surface area (Å²) in [7, 11) is 1.31. The van der Waals surface area contributed by atoms with Crippen molar-refractivity contribution in [2.75, 3.05) is 12.4 Å². The van der Waals surface area contributed by atoms with E-state index in [-0.39, 0.29) is 5.91 Å². The number of anilines is 1. The van der Waals surface area contributed by atoms with E-state index in [1.807, 2.05) is 0 Å². The van der Waals surface area contributed by atoms with Crippen LogP contribution in [0.1, 0.15) is 20.0 Å². The fourth-order valence-corrected chi connectivity index (χ4v) is 3.33. The van der Waals surface area contributed by atoms with Gasteiger partial charge < -0.3 is 10.1 Å². The predicted molar refractivity (Wildman–Crippen MR) is 80.6 cm³/mol. The quantitative estimate of drug-likeness (QED) is 0.730. The summed E-state index contributed by atoms with van der Waals surface area (Å²) in [4.78, 5) is 24.2. The Labute approximate surface area is 132 Å². The molecule has 8 nitrogen and oxygen atoms in total. The van der Waals surface area contributed by atoms with Crippen molar-refractivity contribution in [3.63, 3.8) is 0 Å². The fraction of sp³-hybridized carbons (Fsp3) is 0.0833. The van der Waals surface area contributed by atoms with Gasteiger partial charge >= 0.3 is 5.97 Å². The average Bonchev–Trinajstić information content (AvgIpc) is 3.25. The van der Waals surface area contributed by atoms with E-state index in [4.69, 9.17) is 0 Å². The summed E-state index contributed by atoms with van der Waals surface area (Å²) in [5, 5.41) is 16.6. The number of nitrogens with zero attached hydrogens (tertiary/aromatic N) is 4. The Morgan fingerprint density at radius 2 is 2.18 bits per heavy atom. The van der Waals surface area contributed by atoms with Gasteiger partial charge in [0, 0.05) is 0 Å². The zero-order valence-corrected chi connectivity index (χ0v) is 12.8. The number of rotatable bonds is 4. The first-order chi connectivity index (χ1) is 10.7. The van der Waals surface area contributed by atoms with Crippen LogP contribution in [0.5, 0.6) is 0 Å². The van der Waals surface area contributed by atoms with Crippen LogP contribution in [0.25, 0.3) is 5.00 Å². The fourth-order valence-electron chi connectivity index (χ4n) is 1.70. The van der Waals surface area contributed by atoms with Crippen molar-refractivity contribution in [3.8, 4) is 5.00 Å². The molecule has 0 aliphatic rings. The molecule has 3 aromatic rings. The van der Waals surface area contributed by atoms with Gasteiger partial charge in [0.2, 0.25) is 0 Å². The summed E-state index contributed by atoms with van der Waals surface area (Å²) in [5.74, 6) is -0.736. The standard InChI is InChI=1S/C12H9N5O3S2/c1-20-12(19)8-2-3-9(22-8)14-10(18)7-4-5-21-11(7)17-6-13-15-16-17/h2-6H,1H3,(H,14,18). The van der Waals surface area contributed by atoms with Crippen LogP contribution in [0.3, 0.4) is 0 Å². The molecular formula is C12H9N5O3S2. The summed E-state index contributed by atoms with van der Waals surface area (Å²) < 4.78 is 6.05. The molecule has 0 radical (unpaired) electrons. The molecule has 3 aromatic heterocycles. The molecule has 3 heterocycles. The summed E-state index contributed by atoms with van der Waals surface area (Å²) in [6.45, 7) is 0. The van der Waals surface area contributed by atoms with Crippen LogP contribution in [0, 0.1) is 0 Å². The summed E-state index contributed by atoms with van der Waals surface area (Å²) in [6.07, 6.45) is 1.42. The van der Waals surface area contributed by atoms with E-state index >= 15 is 0 Å². The number of carbonyl (C=O) groups is 2. The highest BCUT2D eigenvalue weighted by Gasteiger charge is 2.17. The van der Waals surface area contributed by atoms with Crippen LogP contribution in [-0.4, -0.2) is 39.2 Å². The number of esters is 1. The van der Waals surface area contributed by atoms with Crippen LogP contribution in [0.2, 0.25) is 0 Å². The Bertz CT molecular complexity index is 808. The van der Waals surface area contributed by atoms with Crippen molar-refractivity contribution in [2.45, 2.75) is 0 Å². The Morgan fingerprint density at radius 1 is 1.32 bits per heavy atom. The summed E-state index contributed by atoms with van der Waals surface area (Å²) in [5.41, 5.74) is 0.449. The minimum atomic E-state index is -0.435. The molecule has 0 aromatic carbocycles. The molecule has 0 aliphatic heterocycles. The second kappa shape index (κ2) is 6.03. The van der Waals surface area contributed by atoms with Crippen LogP contribution >= 0.6 is 22.7 Å². The highest BCUT2D eigenvalue weighted by Crippen LogP contribution is 2.25. The first-order valence-corrected chi connectivity index (χ1v) is 7.69. The minimum Gasteiger partial charge on any atom is -0.465 e. The average molecular weight is 335 g/mol. The first-order valence-electron chi connectivity index (χ1n) is 5.99. The van der Waals surface area contributed by atoms with Crippen molar-refractivity contribution in [1.29, 1.82) is 0 Å². The highest BCUT2D eigenvalue weighted by atomic mass is 32.1. The second-order valence-electron chi connectivity index (χ2n) is 4.00. The van der Waals surface area contributed by atoms with Crippen molar-refractivity contribution in [2.24, 2.45) is 0 Å². The third kappa shape index (κ3) is 2.73. The van der Waals surface area contributed by atoms with Gasteiger partial charge in [-0.2, -0.15) is 4.68 Å². The van der Waals surface area contributed by atoms with Crippen LogP contribution in [-0.2, 0) is 4.74 Å². The van der Waals surface area contributed by atoms with Gasteiger partial charge in [0.05, 0.1) is 17.7 Å². The largest absolute Gasteiger partial charge is 0.465 e. The predicted octanol–water partition coefficient (Wildman–Crippen LogP) is 1.82. The lowest BCUT2D eigenvalue weighted by Gasteiger charge is -2.03. The van der Waals surface area contributed by atoms with Crippen molar-refractivity contribution in [3.05, 3.63) is 40.3 Å². The third-order valence-corrected chi connectivity index (χ3v) is 4.56. The van der Waals surface area contributed by atoms with Gasteiger partial charge in [-0.1, -0.05) is 0 Å². The van der Waals surface area contributed by atoms with Crippen molar-refractivity contribution >= 4 is 39.6 Å². The number of amides is 1. The molecule has 22 heavy (non-hydrogen) atoms. The zero-order chi connectivity index (χ0) is 15.5.